The van der Waals surface area contributed by atoms with Crippen molar-refractivity contribution in [1.82, 2.24) is 9.71 Å². The maximum atomic E-state index is 12.4. The molecule has 0 bridgehead atoms. The predicted octanol–water partition coefficient (Wildman–Crippen LogP) is 1.94. The Hall–Kier alpha value is -1.86. The molecule has 0 aliphatic rings. The van der Waals surface area contributed by atoms with E-state index in [0.29, 0.717) is 17.3 Å². The van der Waals surface area contributed by atoms with Crippen LogP contribution in [0.4, 0.5) is 0 Å². The summed E-state index contributed by atoms with van der Waals surface area (Å²) in [5.41, 5.74) is 0.416. The largest absolute Gasteiger partial charge is 0.478 e. The van der Waals surface area contributed by atoms with E-state index in [1.807, 2.05) is 6.92 Å². The Morgan fingerprint density at radius 1 is 1.45 bits per heavy atom. The summed E-state index contributed by atoms with van der Waals surface area (Å²) in [6.07, 6.45) is 2.23. The number of hydrogen-bond donors (Lipinski definition) is 3. The molecule has 0 saturated heterocycles. The Bertz CT molecular complexity index is 749. The number of aromatic nitrogens is 1. The quantitative estimate of drug-likeness (QED) is 0.785. The zero-order chi connectivity index (χ0) is 14.9. The molecule has 0 aliphatic heterocycles. The molecule has 1 aromatic heterocycles. The number of carboxylic acids is 1. The van der Waals surface area contributed by atoms with Crippen LogP contribution >= 0.6 is 0 Å². The minimum absolute atomic E-state index is 0.0195. The van der Waals surface area contributed by atoms with E-state index in [4.69, 9.17) is 5.11 Å². The first-order valence-electron chi connectivity index (χ1n) is 6.22. The Labute approximate surface area is 116 Å². The van der Waals surface area contributed by atoms with Crippen molar-refractivity contribution in [2.45, 2.75) is 31.2 Å². The molecule has 0 spiro atoms. The molecule has 1 aromatic carbocycles. The van der Waals surface area contributed by atoms with E-state index in [0.717, 1.165) is 0 Å². The molecule has 0 saturated carbocycles. The Morgan fingerprint density at radius 3 is 2.75 bits per heavy atom. The number of fused-ring (bicyclic) bond motifs is 1. The Balaban J connectivity index is 2.63. The van der Waals surface area contributed by atoms with E-state index < -0.39 is 16.0 Å². The van der Waals surface area contributed by atoms with Gasteiger partial charge in [0.1, 0.15) is 0 Å². The third kappa shape index (κ3) is 2.68. The third-order valence-electron chi connectivity index (χ3n) is 3.14. The first-order chi connectivity index (χ1) is 9.35. The molecule has 7 heteroatoms. The molecule has 0 fully saturated rings. The predicted molar refractivity (Wildman–Crippen MR) is 75.3 cm³/mol. The summed E-state index contributed by atoms with van der Waals surface area (Å²) in [7, 11) is -3.76. The topological polar surface area (TPSA) is 99.3 Å². The van der Waals surface area contributed by atoms with Gasteiger partial charge in [-0.15, -0.1) is 0 Å². The van der Waals surface area contributed by atoms with Crippen LogP contribution in [0.5, 0.6) is 0 Å². The third-order valence-corrected chi connectivity index (χ3v) is 4.77. The van der Waals surface area contributed by atoms with Crippen LogP contribution in [0.1, 0.15) is 30.6 Å². The van der Waals surface area contributed by atoms with Crippen molar-refractivity contribution < 1.29 is 18.3 Å². The monoisotopic (exact) mass is 296 g/mol. The van der Waals surface area contributed by atoms with Crippen molar-refractivity contribution >= 4 is 26.9 Å². The lowest BCUT2D eigenvalue weighted by atomic mass is 10.1. The van der Waals surface area contributed by atoms with Gasteiger partial charge in [-0.3, -0.25) is 0 Å². The van der Waals surface area contributed by atoms with Gasteiger partial charge >= 0.3 is 5.97 Å². The Morgan fingerprint density at radius 2 is 2.15 bits per heavy atom. The highest BCUT2D eigenvalue weighted by atomic mass is 32.2. The van der Waals surface area contributed by atoms with Crippen molar-refractivity contribution in [3.63, 3.8) is 0 Å². The summed E-state index contributed by atoms with van der Waals surface area (Å²) in [6, 6.07) is 4.00. The van der Waals surface area contributed by atoms with Gasteiger partial charge in [0, 0.05) is 23.1 Å². The number of benzene rings is 1. The van der Waals surface area contributed by atoms with Gasteiger partial charge in [-0.2, -0.15) is 0 Å². The highest BCUT2D eigenvalue weighted by Gasteiger charge is 2.22. The van der Waals surface area contributed by atoms with Crippen molar-refractivity contribution in [2.24, 2.45) is 0 Å². The zero-order valence-corrected chi connectivity index (χ0v) is 12.0. The van der Waals surface area contributed by atoms with E-state index >= 15 is 0 Å². The van der Waals surface area contributed by atoms with E-state index in [1.54, 1.807) is 19.2 Å². The first kappa shape index (κ1) is 14.5. The molecule has 1 atom stereocenters. The molecular weight excluding hydrogens is 280 g/mol. The van der Waals surface area contributed by atoms with Gasteiger partial charge in [0.25, 0.3) is 0 Å². The molecule has 1 unspecified atom stereocenters. The van der Waals surface area contributed by atoms with Crippen LogP contribution in [-0.2, 0) is 10.0 Å². The molecule has 0 amide bonds. The molecule has 2 rings (SSSR count). The minimum Gasteiger partial charge on any atom is -0.478 e. The maximum Gasteiger partial charge on any atom is 0.335 e. The van der Waals surface area contributed by atoms with E-state index in [2.05, 4.69) is 9.71 Å². The number of aromatic carboxylic acids is 1. The van der Waals surface area contributed by atoms with Crippen molar-refractivity contribution in [2.75, 3.05) is 0 Å². The highest BCUT2D eigenvalue weighted by Crippen LogP contribution is 2.24. The highest BCUT2D eigenvalue weighted by molar-refractivity contribution is 7.89. The average Bonchev–Trinajstić information content (AvgIpc) is 2.84. The summed E-state index contributed by atoms with van der Waals surface area (Å²) in [6.45, 7) is 3.62. The van der Waals surface area contributed by atoms with Gasteiger partial charge < -0.3 is 10.1 Å². The molecule has 1 heterocycles. The Kier molecular flexibility index (Phi) is 3.82. The maximum absolute atomic E-state index is 12.4. The van der Waals surface area contributed by atoms with Gasteiger partial charge in [0.15, 0.2) is 0 Å². The standard InChI is InChI=1S/C13H16N2O4S/c1-3-8(2)15-20(18,19)12-7-9(13(16)17)6-11-10(12)4-5-14-11/h4-8,14-15H,3H2,1-2H3,(H,16,17). The lowest BCUT2D eigenvalue weighted by Crippen LogP contribution is -2.32. The van der Waals surface area contributed by atoms with Gasteiger partial charge in [-0.05, 0) is 31.5 Å². The van der Waals surface area contributed by atoms with Crippen LogP contribution < -0.4 is 4.72 Å². The summed E-state index contributed by atoms with van der Waals surface area (Å²) >= 11 is 0. The lowest BCUT2D eigenvalue weighted by Gasteiger charge is -2.13. The van der Waals surface area contributed by atoms with E-state index in [-0.39, 0.29) is 16.5 Å². The number of hydrogen-bond acceptors (Lipinski definition) is 3. The van der Waals surface area contributed by atoms with Crippen LogP contribution in [0.25, 0.3) is 10.9 Å². The van der Waals surface area contributed by atoms with Crippen LogP contribution in [0.2, 0.25) is 0 Å². The normalized spacial score (nSPS) is 13.5. The van der Waals surface area contributed by atoms with Crippen LogP contribution in [-0.4, -0.2) is 30.5 Å². The minimum atomic E-state index is -3.76. The number of nitrogens with one attached hydrogen (secondary N) is 2. The molecule has 2 aromatic rings. The van der Waals surface area contributed by atoms with Crippen molar-refractivity contribution in [3.8, 4) is 0 Å². The number of carboxylic acid groups (broad SMARTS) is 1. The fraction of sp³-hybridized carbons (Fsp3) is 0.308. The summed E-state index contributed by atoms with van der Waals surface area (Å²) in [5.74, 6) is -1.17. The number of sulfonamides is 1. The van der Waals surface area contributed by atoms with Gasteiger partial charge in [0.2, 0.25) is 10.0 Å². The fourth-order valence-corrected chi connectivity index (χ4v) is 3.46. The second-order valence-electron chi connectivity index (χ2n) is 4.65. The summed E-state index contributed by atoms with van der Waals surface area (Å²) in [5, 5.41) is 9.55. The van der Waals surface area contributed by atoms with Gasteiger partial charge in [0.05, 0.1) is 10.5 Å². The zero-order valence-electron chi connectivity index (χ0n) is 11.2. The smallest absolute Gasteiger partial charge is 0.335 e. The number of H-pyrrole nitrogens is 1. The molecule has 0 aliphatic carbocycles. The average molecular weight is 296 g/mol. The first-order valence-corrected chi connectivity index (χ1v) is 7.70. The summed E-state index contributed by atoms with van der Waals surface area (Å²) < 4.78 is 27.3. The van der Waals surface area contributed by atoms with Crippen LogP contribution in [0.3, 0.4) is 0 Å². The van der Waals surface area contributed by atoms with Crippen LogP contribution in [0.15, 0.2) is 29.3 Å². The van der Waals surface area contributed by atoms with Crippen LogP contribution in [0, 0.1) is 0 Å². The number of rotatable bonds is 5. The van der Waals surface area contributed by atoms with E-state index in [1.165, 1.54) is 12.1 Å². The van der Waals surface area contributed by atoms with Crippen molar-refractivity contribution in [1.29, 1.82) is 0 Å². The van der Waals surface area contributed by atoms with Crippen molar-refractivity contribution in [3.05, 3.63) is 30.0 Å². The van der Waals surface area contributed by atoms with E-state index in [9.17, 15) is 13.2 Å². The SMILES string of the molecule is CCC(C)NS(=O)(=O)c1cc(C(=O)O)cc2[nH]ccc12. The fourth-order valence-electron chi connectivity index (χ4n) is 1.89. The molecule has 0 radical (unpaired) electrons. The molecule has 108 valence electrons. The number of carbonyl (C=O) groups is 1. The summed E-state index contributed by atoms with van der Waals surface area (Å²) in [4.78, 5) is 13.9. The second kappa shape index (κ2) is 5.26. The lowest BCUT2D eigenvalue weighted by molar-refractivity contribution is 0.0697. The molecular formula is C13H16N2O4S. The molecule has 6 nitrogen and oxygen atoms in total. The second-order valence-corrected chi connectivity index (χ2v) is 6.33. The van der Waals surface area contributed by atoms with Gasteiger partial charge in [-0.25, -0.2) is 17.9 Å². The van der Waals surface area contributed by atoms with Gasteiger partial charge in [-0.1, -0.05) is 6.92 Å². The molecule has 20 heavy (non-hydrogen) atoms. The number of aromatic amines is 1. The molecule has 3 N–H and O–H groups in total.